The van der Waals surface area contributed by atoms with Crippen LogP contribution in [0.3, 0.4) is 0 Å². The quantitative estimate of drug-likeness (QED) is 0.448. The molecule has 3 aromatic carbocycles. The van der Waals surface area contributed by atoms with Crippen LogP contribution in [-0.2, 0) is 14.8 Å². The summed E-state index contributed by atoms with van der Waals surface area (Å²) in [5, 5.41) is 5.55. The van der Waals surface area contributed by atoms with Crippen LogP contribution in [-0.4, -0.2) is 27.3 Å². The average Bonchev–Trinajstić information content (AvgIpc) is 2.76. The topological polar surface area (TPSA) is 114 Å². The summed E-state index contributed by atoms with van der Waals surface area (Å²) >= 11 is 6.18. The number of amides is 2. The molecule has 0 fully saturated rings. The highest BCUT2D eigenvalue weighted by atomic mass is 35.5. The zero-order valence-electron chi connectivity index (χ0n) is 18.1. The third-order valence-corrected chi connectivity index (χ3v) is 6.35. The second kappa shape index (κ2) is 9.93. The Labute approximate surface area is 197 Å². The molecule has 33 heavy (non-hydrogen) atoms. The molecule has 0 spiro atoms. The molecule has 3 aromatic rings. The van der Waals surface area contributed by atoms with E-state index in [1.807, 2.05) is 0 Å². The van der Waals surface area contributed by atoms with Crippen molar-refractivity contribution in [2.45, 2.75) is 18.7 Å². The highest BCUT2D eigenvalue weighted by molar-refractivity contribution is 7.92. The molecule has 3 rings (SSSR count). The maximum absolute atomic E-state index is 12.9. The van der Waals surface area contributed by atoms with Gasteiger partial charge in [0.2, 0.25) is 5.91 Å². The summed E-state index contributed by atoms with van der Waals surface area (Å²) in [6, 6.07) is 15.3. The maximum Gasteiger partial charge on any atom is 0.261 e. The number of hydrogen-bond donors (Lipinski definition) is 3. The van der Waals surface area contributed by atoms with Gasteiger partial charge in [-0.3, -0.25) is 14.3 Å². The number of halogens is 1. The van der Waals surface area contributed by atoms with Gasteiger partial charge in [-0.05, 0) is 67.1 Å². The number of carbonyl (C=O) groups excluding carboxylic acids is 2. The van der Waals surface area contributed by atoms with E-state index < -0.39 is 15.9 Å². The summed E-state index contributed by atoms with van der Waals surface area (Å²) < 4.78 is 33.3. The van der Waals surface area contributed by atoms with Gasteiger partial charge in [0.05, 0.1) is 22.7 Å². The first-order valence-corrected chi connectivity index (χ1v) is 11.6. The van der Waals surface area contributed by atoms with E-state index in [1.54, 1.807) is 43.3 Å². The van der Waals surface area contributed by atoms with Gasteiger partial charge in [0.1, 0.15) is 5.75 Å². The number of rotatable bonds is 7. The summed E-state index contributed by atoms with van der Waals surface area (Å²) in [7, 11) is -2.44. The van der Waals surface area contributed by atoms with Crippen molar-refractivity contribution in [3.05, 3.63) is 76.8 Å². The molecule has 0 atom stereocenters. The fourth-order valence-electron chi connectivity index (χ4n) is 2.98. The van der Waals surface area contributed by atoms with Crippen LogP contribution < -0.4 is 20.1 Å². The third-order valence-electron chi connectivity index (χ3n) is 4.64. The number of sulfonamides is 1. The highest BCUT2D eigenvalue weighted by Crippen LogP contribution is 2.27. The molecule has 8 nitrogen and oxygen atoms in total. The fraction of sp³-hybridized carbons (Fsp3) is 0.130. The maximum atomic E-state index is 12.9. The molecular formula is C23H22ClN3O5S. The fourth-order valence-corrected chi connectivity index (χ4v) is 4.23. The lowest BCUT2D eigenvalue weighted by Crippen LogP contribution is -2.17. The van der Waals surface area contributed by atoms with Gasteiger partial charge in [-0.15, -0.1) is 0 Å². The number of benzene rings is 3. The lowest BCUT2D eigenvalue weighted by Gasteiger charge is -2.13. The SMILES string of the molecule is COc1ccc(NS(=O)(=O)c2ccc(C)c(C(=O)Nc3cc(NC(C)=O)ccc3Cl)c2)cc1. The first-order valence-electron chi connectivity index (χ1n) is 9.75. The predicted octanol–water partition coefficient (Wildman–Crippen LogP) is 4.67. The number of anilines is 3. The Hall–Kier alpha value is -3.56. The minimum Gasteiger partial charge on any atom is -0.497 e. The van der Waals surface area contributed by atoms with Crippen LogP contribution >= 0.6 is 11.6 Å². The van der Waals surface area contributed by atoms with E-state index in [1.165, 1.54) is 38.3 Å². The Morgan fingerprint density at radius 2 is 1.58 bits per heavy atom. The summed E-state index contributed by atoms with van der Waals surface area (Å²) in [6.45, 7) is 3.06. The lowest BCUT2D eigenvalue weighted by molar-refractivity contribution is -0.114. The molecule has 0 aliphatic rings. The number of hydrogen-bond acceptors (Lipinski definition) is 5. The Morgan fingerprint density at radius 3 is 2.21 bits per heavy atom. The third kappa shape index (κ3) is 6.03. The van der Waals surface area contributed by atoms with E-state index in [9.17, 15) is 18.0 Å². The molecule has 0 unspecified atom stereocenters. The number of ether oxygens (including phenoxy) is 1. The average molecular weight is 488 g/mol. The van der Waals surface area contributed by atoms with Crippen molar-refractivity contribution in [2.75, 3.05) is 22.5 Å². The van der Waals surface area contributed by atoms with Crippen molar-refractivity contribution in [2.24, 2.45) is 0 Å². The number of carbonyl (C=O) groups is 2. The summed E-state index contributed by atoms with van der Waals surface area (Å²) in [4.78, 5) is 24.2. The van der Waals surface area contributed by atoms with Crippen LogP contribution in [0, 0.1) is 6.92 Å². The molecule has 3 N–H and O–H groups in total. The minimum atomic E-state index is -3.95. The standard InChI is InChI=1S/C23H22ClN3O5S/c1-14-4-10-19(33(30,31)27-16-5-8-18(32-3)9-6-16)13-20(14)23(29)26-22-12-17(25-15(2)28)7-11-21(22)24/h4-13,27H,1-3H3,(H,25,28)(H,26,29). The largest absolute Gasteiger partial charge is 0.497 e. The van der Waals surface area contributed by atoms with Gasteiger partial charge in [-0.1, -0.05) is 17.7 Å². The van der Waals surface area contributed by atoms with Crippen LogP contribution in [0.15, 0.2) is 65.6 Å². The van der Waals surface area contributed by atoms with Crippen molar-refractivity contribution in [1.82, 2.24) is 0 Å². The molecule has 0 bridgehead atoms. The van der Waals surface area contributed by atoms with Crippen LogP contribution in [0.1, 0.15) is 22.8 Å². The van der Waals surface area contributed by atoms with Gasteiger partial charge in [0, 0.05) is 23.9 Å². The van der Waals surface area contributed by atoms with Gasteiger partial charge < -0.3 is 15.4 Å². The van der Waals surface area contributed by atoms with E-state index in [0.717, 1.165) is 0 Å². The van der Waals surface area contributed by atoms with E-state index in [4.69, 9.17) is 16.3 Å². The zero-order valence-corrected chi connectivity index (χ0v) is 19.7. The molecule has 0 saturated heterocycles. The normalized spacial score (nSPS) is 10.9. The molecule has 172 valence electrons. The Morgan fingerprint density at radius 1 is 0.909 bits per heavy atom. The van der Waals surface area contributed by atoms with Crippen LogP contribution in [0.4, 0.5) is 17.1 Å². The molecule has 0 radical (unpaired) electrons. The first kappa shape index (κ1) is 24.1. The Balaban J connectivity index is 1.86. The van der Waals surface area contributed by atoms with Gasteiger partial charge in [-0.25, -0.2) is 8.42 Å². The van der Waals surface area contributed by atoms with Crippen molar-refractivity contribution < 1.29 is 22.7 Å². The second-order valence-electron chi connectivity index (χ2n) is 7.14. The lowest BCUT2D eigenvalue weighted by atomic mass is 10.1. The van der Waals surface area contributed by atoms with Crippen molar-refractivity contribution in [1.29, 1.82) is 0 Å². The minimum absolute atomic E-state index is 0.0767. The molecule has 10 heteroatoms. The molecule has 2 amide bonds. The van der Waals surface area contributed by atoms with Crippen LogP contribution in [0.25, 0.3) is 0 Å². The summed E-state index contributed by atoms with van der Waals surface area (Å²) in [5.41, 5.74) is 1.82. The molecule has 0 aliphatic carbocycles. The second-order valence-corrected chi connectivity index (χ2v) is 9.23. The first-order chi connectivity index (χ1) is 15.6. The Bertz CT molecular complexity index is 1310. The van der Waals surface area contributed by atoms with Crippen molar-refractivity contribution >= 4 is 50.5 Å². The van der Waals surface area contributed by atoms with Crippen LogP contribution in [0.2, 0.25) is 5.02 Å². The summed E-state index contributed by atoms with van der Waals surface area (Å²) in [6.07, 6.45) is 0. The molecule has 0 saturated carbocycles. The van der Waals surface area contributed by atoms with E-state index in [0.29, 0.717) is 22.7 Å². The number of nitrogens with one attached hydrogen (secondary N) is 3. The number of aryl methyl sites for hydroxylation is 1. The van der Waals surface area contributed by atoms with Crippen LogP contribution in [0.5, 0.6) is 5.75 Å². The van der Waals surface area contributed by atoms with E-state index in [-0.39, 0.29) is 27.1 Å². The van der Waals surface area contributed by atoms with Gasteiger partial charge in [-0.2, -0.15) is 0 Å². The van der Waals surface area contributed by atoms with Crippen molar-refractivity contribution in [3.63, 3.8) is 0 Å². The van der Waals surface area contributed by atoms with Gasteiger partial charge in [0.15, 0.2) is 0 Å². The van der Waals surface area contributed by atoms with Gasteiger partial charge in [0.25, 0.3) is 15.9 Å². The monoisotopic (exact) mass is 487 g/mol. The molecular weight excluding hydrogens is 466 g/mol. The molecule has 0 aliphatic heterocycles. The molecule has 0 aromatic heterocycles. The Kier molecular flexibility index (Phi) is 7.25. The zero-order chi connectivity index (χ0) is 24.2. The van der Waals surface area contributed by atoms with Gasteiger partial charge >= 0.3 is 0 Å². The van der Waals surface area contributed by atoms with E-state index in [2.05, 4.69) is 15.4 Å². The predicted molar refractivity (Wildman–Crippen MR) is 129 cm³/mol. The summed E-state index contributed by atoms with van der Waals surface area (Å²) in [5.74, 6) is -0.225. The molecule has 0 heterocycles. The van der Waals surface area contributed by atoms with E-state index >= 15 is 0 Å². The van der Waals surface area contributed by atoms with Crippen molar-refractivity contribution in [3.8, 4) is 5.75 Å². The number of methoxy groups -OCH3 is 1. The smallest absolute Gasteiger partial charge is 0.261 e. The highest BCUT2D eigenvalue weighted by Gasteiger charge is 2.19.